The lowest BCUT2D eigenvalue weighted by Crippen LogP contribution is -2.18. The number of rotatable bonds is 0. The second kappa shape index (κ2) is 32.0. The topological polar surface area (TPSA) is 92.3 Å². The van der Waals surface area contributed by atoms with Crippen molar-refractivity contribution in [3.05, 3.63) is 361 Å². The van der Waals surface area contributed by atoms with Crippen LogP contribution in [0.15, 0.2) is 328 Å². The first-order chi connectivity index (χ1) is 61.4. The molecule has 10 nitrogen and oxygen atoms in total. The predicted molar refractivity (Wildman–Crippen MR) is 516 cm³/mol. The molecule has 0 spiro atoms. The highest BCUT2D eigenvalue weighted by atomic mass is 16.7. The van der Waals surface area contributed by atoms with Gasteiger partial charge in [0.05, 0.1) is 0 Å². The van der Waals surface area contributed by atoms with Crippen LogP contribution in [0.25, 0.3) is 163 Å². The maximum atomic E-state index is 6.14. The smallest absolute Gasteiger partial charge is 0.238 e. The van der Waals surface area contributed by atoms with Gasteiger partial charge < -0.3 is 47.4 Å². The van der Waals surface area contributed by atoms with Gasteiger partial charge in [-0.2, -0.15) is 0 Å². The van der Waals surface area contributed by atoms with Crippen LogP contribution in [-0.2, 0) is 0 Å². The summed E-state index contributed by atoms with van der Waals surface area (Å²) < 4.78 is 61.1. The van der Waals surface area contributed by atoms with E-state index >= 15 is 0 Å². The van der Waals surface area contributed by atoms with Crippen molar-refractivity contribution in [2.75, 3.05) is 0 Å². The predicted octanol–water partition coefficient (Wildman–Crippen LogP) is 30.7. The van der Waals surface area contributed by atoms with E-state index in [9.17, 15) is 0 Å². The van der Waals surface area contributed by atoms with Gasteiger partial charge in [-0.25, -0.2) is 0 Å². The molecule has 5 heterocycles. The van der Waals surface area contributed by atoms with Crippen molar-refractivity contribution >= 4 is 108 Å². The monoisotopic (exact) mass is 1640 g/mol. The molecule has 3 atom stereocenters. The lowest BCUT2D eigenvalue weighted by atomic mass is 9.91. The van der Waals surface area contributed by atoms with Gasteiger partial charge in [-0.15, -0.1) is 0 Å². The van der Waals surface area contributed by atoms with Crippen molar-refractivity contribution in [3.8, 4) is 113 Å². The Hall–Kier alpha value is -15.0. The highest BCUT2D eigenvalue weighted by Crippen LogP contribution is 2.55. The Balaban J connectivity index is 0.0000000961. The van der Waals surface area contributed by atoms with Gasteiger partial charge in [-0.1, -0.05) is 300 Å². The van der Waals surface area contributed by atoms with Crippen LogP contribution in [0.5, 0.6) is 57.5 Å². The molecule has 5 aliphatic heterocycles. The Kier molecular flexibility index (Phi) is 19.9. The summed E-state index contributed by atoms with van der Waals surface area (Å²) in [7, 11) is 0. The molecule has 0 saturated carbocycles. The highest BCUT2D eigenvalue weighted by molar-refractivity contribution is 6.16. The first-order valence-electron chi connectivity index (χ1n) is 43.4. The van der Waals surface area contributed by atoms with E-state index < -0.39 is 0 Å². The quantitative estimate of drug-likeness (QED) is 0.146. The third-order valence-electron chi connectivity index (χ3n) is 24.6. The van der Waals surface area contributed by atoms with Crippen LogP contribution in [0, 0.1) is 41.5 Å². The van der Waals surface area contributed by atoms with Crippen LogP contribution in [0.2, 0.25) is 0 Å². The van der Waals surface area contributed by atoms with Gasteiger partial charge in [0, 0.05) is 90.3 Å². The molecule has 0 radical (unpaired) electrons. The van der Waals surface area contributed by atoms with Crippen molar-refractivity contribution in [1.29, 1.82) is 0 Å². The largest absolute Gasteiger partial charge is 0.455 e. The van der Waals surface area contributed by atoms with E-state index in [0.717, 1.165) is 113 Å². The van der Waals surface area contributed by atoms with E-state index in [1.54, 1.807) is 0 Å². The second-order valence-corrected chi connectivity index (χ2v) is 33.6. The zero-order valence-electron chi connectivity index (χ0n) is 72.1. The molecule has 0 N–H and O–H groups in total. The van der Waals surface area contributed by atoms with Crippen LogP contribution in [0.1, 0.15) is 68.0 Å². The standard InChI is InChI=1S/2C24H20O2.2C23H18O2.C22H16O2/c1-14-4-8-19-17(12-14)6-10-21-23(19)24-20-9-5-15(2)13-18(20)7-11-22(24)26-16(3)25-21;1-14-5-9-19-18(12-14)8-11-21-23(19)24-20-13-15(2)4-6-17(20)7-10-22(24)26-16(3)25-21;1-14-7-10-19-17(13-14)9-12-21-23(19)22-18-6-4-3-5-16(18)8-11-20(22)24-15(2)25-21;1-14-7-8-17-10-12-21-23(19(17)13-14)22-18-6-4-3-5-16(18)9-11-20(22)24-15(2)25-21;1-14-23-19-12-10-15-6-2-4-8-17(15)21(19)22-18-9-5-3-7-16(18)11-13-20(22)24-14/h2*4-13,16H,1-3H3;2*3-13,15H,1-2H3;2-14H,1H3. The van der Waals surface area contributed by atoms with Gasteiger partial charge in [-0.05, 0) is 210 Å². The molecule has 126 heavy (non-hydrogen) atoms. The van der Waals surface area contributed by atoms with Crippen molar-refractivity contribution in [2.45, 2.75) is 108 Å². The van der Waals surface area contributed by atoms with Crippen molar-refractivity contribution < 1.29 is 47.4 Å². The molecule has 0 aliphatic carbocycles. The molecular weight excluding hydrogens is 1550 g/mol. The minimum atomic E-state index is -0.333. The van der Waals surface area contributed by atoms with E-state index in [1.165, 1.54) is 141 Å². The van der Waals surface area contributed by atoms with Crippen LogP contribution in [-0.4, -0.2) is 31.5 Å². The lowest BCUT2D eigenvalue weighted by molar-refractivity contribution is 0.0260. The van der Waals surface area contributed by atoms with Crippen molar-refractivity contribution in [1.82, 2.24) is 0 Å². The van der Waals surface area contributed by atoms with Crippen LogP contribution < -0.4 is 47.4 Å². The molecule has 0 aromatic heterocycles. The third-order valence-corrected chi connectivity index (χ3v) is 24.6. The summed E-state index contributed by atoms with van der Waals surface area (Å²) in [5.74, 6) is 8.75. The van der Waals surface area contributed by atoms with Crippen LogP contribution in [0.4, 0.5) is 0 Å². The Bertz CT molecular complexity index is 7640. The van der Waals surface area contributed by atoms with Crippen LogP contribution >= 0.6 is 0 Å². The summed E-state index contributed by atoms with van der Waals surface area (Å²) in [5, 5.41) is 24.0. The summed E-state index contributed by atoms with van der Waals surface area (Å²) >= 11 is 0. The fraction of sp³-hybridized carbons (Fsp3) is 0.138. The molecule has 20 aromatic rings. The molecule has 0 amide bonds. The summed E-state index contributed by atoms with van der Waals surface area (Å²) in [5.41, 5.74) is 18.7. The number of hydrogen-bond donors (Lipinski definition) is 0. The summed E-state index contributed by atoms with van der Waals surface area (Å²) in [6.07, 6.45) is -1.65. The fourth-order valence-electron chi connectivity index (χ4n) is 19.0. The van der Waals surface area contributed by atoms with Gasteiger partial charge >= 0.3 is 0 Å². The summed E-state index contributed by atoms with van der Waals surface area (Å²) in [6.45, 7) is 22.4. The number of benzene rings is 20. The number of ether oxygens (including phenoxy) is 10. The minimum Gasteiger partial charge on any atom is -0.455 e. The molecular formula is C116H92O10. The Labute approximate surface area is 732 Å². The first kappa shape index (κ1) is 78.3. The van der Waals surface area contributed by atoms with E-state index in [2.05, 4.69) is 369 Å². The SMILES string of the molecule is CC1Oc2ccc3ccccc3c2-c2c(ccc3ccccc23)O1.Cc1ccc2c3c(ccc2c1)OC(C)Oc1ccc2cc(C)ccc2c1-3.Cc1ccc2c3c(ccc2c1)OC(C)Oc1ccc2ccc(C)cc2c1-3.Cc1ccc2c3c(ccc2c1)OC(C)Oc1ccc2ccccc2c1-3.Cc1ccc2ccc3c(c2c1)-c1c(ccc2ccccc12)OC(C)O3. The zero-order valence-corrected chi connectivity index (χ0v) is 72.1. The van der Waals surface area contributed by atoms with Gasteiger partial charge in [0.15, 0.2) is 0 Å². The van der Waals surface area contributed by atoms with Crippen molar-refractivity contribution in [3.63, 3.8) is 0 Å². The lowest BCUT2D eigenvalue weighted by Gasteiger charge is -2.14. The van der Waals surface area contributed by atoms with E-state index in [1.807, 2.05) is 34.6 Å². The van der Waals surface area contributed by atoms with Gasteiger partial charge in [0.1, 0.15) is 57.5 Å². The van der Waals surface area contributed by atoms with Gasteiger partial charge in [-0.3, -0.25) is 0 Å². The minimum absolute atomic E-state index is 0.327. The van der Waals surface area contributed by atoms with Crippen molar-refractivity contribution in [2.24, 2.45) is 0 Å². The number of hydrogen-bond acceptors (Lipinski definition) is 10. The molecule has 10 heteroatoms. The summed E-state index contributed by atoms with van der Waals surface area (Å²) in [6, 6.07) is 115. The zero-order chi connectivity index (χ0) is 85.7. The molecule has 20 aromatic carbocycles. The fourth-order valence-corrected chi connectivity index (χ4v) is 19.0. The maximum absolute atomic E-state index is 6.14. The van der Waals surface area contributed by atoms with E-state index in [4.69, 9.17) is 47.4 Å². The number of aryl methyl sites for hydroxylation is 6. The number of fused-ring (bicyclic) bond motifs is 35. The molecule has 0 bridgehead atoms. The second-order valence-electron chi connectivity index (χ2n) is 33.6. The third kappa shape index (κ3) is 14.4. The first-order valence-corrected chi connectivity index (χ1v) is 43.4. The maximum Gasteiger partial charge on any atom is 0.238 e. The molecule has 0 fully saturated rings. The Morgan fingerprint density at radius 2 is 0.278 bits per heavy atom. The molecule has 3 unspecified atom stereocenters. The Morgan fingerprint density at radius 3 is 0.484 bits per heavy atom. The average Bonchev–Trinajstić information content (AvgIpc) is 1.45. The molecule has 25 rings (SSSR count). The van der Waals surface area contributed by atoms with Gasteiger partial charge in [0.25, 0.3) is 0 Å². The molecule has 616 valence electrons. The average molecular weight is 1650 g/mol. The summed E-state index contributed by atoms with van der Waals surface area (Å²) in [4.78, 5) is 0. The van der Waals surface area contributed by atoms with E-state index in [-0.39, 0.29) is 31.5 Å². The molecule has 5 aliphatic rings. The Morgan fingerprint density at radius 1 is 0.135 bits per heavy atom. The van der Waals surface area contributed by atoms with Crippen LogP contribution in [0.3, 0.4) is 0 Å². The highest BCUT2D eigenvalue weighted by Gasteiger charge is 2.32. The molecule has 0 saturated heterocycles. The normalized spacial score (nSPS) is 15.0. The van der Waals surface area contributed by atoms with Gasteiger partial charge in [0.2, 0.25) is 31.5 Å². The van der Waals surface area contributed by atoms with E-state index in [0.29, 0.717) is 0 Å².